The number of benzene rings is 2. The Bertz CT molecular complexity index is 2100. The normalized spacial score (nSPS) is 10.7. The number of urea groups is 1. The fraction of sp³-hybridized carbons (Fsp3) is 0.0645. The van der Waals surface area contributed by atoms with Gasteiger partial charge in [0, 0.05) is 72.4 Å². The van der Waals surface area contributed by atoms with Crippen molar-refractivity contribution in [3.63, 3.8) is 0 Å². The van der Waals surface area contributed by atoms with Crippen LogP contribution in [0.2, 0.25) is 0 Å². The molecule has 4 heterocycles. The van der Waals surface area contributed by atoms with E-state index in [0.717, 1.165) is 11.1 Å². The predicted molar refractivity (Wildman–Crippen MR) is 195 cm³/mol. The van der Waals surface area contributed by atoms with Gasteiger partial charge in [-0.15, -0.1) is 22.7 Å². The molecule has 0 aliphatic rings. The molecule has 6 rings (SSSR count). The molecule has 0 aliphatic heterocycles. The summed E-state index contributed by atoms with van der Waals surface area (Å²) in [6.45, 7) is 0.959. The number of sulfonamides is 2. The summed E-state index contributed by atoms with van der Waals surface area (Å²) in [6.07, 6.45) is 9.82. The number of carbonyl (C=O) groups is 1. The predicted octanol–water partition coefficient (Wildman–Crippen LogP) is 4.73. The quantitative estimate of drug-likeness (QED) is 0.105. The first-order chi connectivity index (χ1) is 24.0. The molecule has 6 aromatic rings. The number of pyridine rings is 2. The van der Waals surface area contributed by atoms with Crippen LogP contribution in [0.5, 0.6) is 0 Å². The fourth-order valence-corrected chi connectivity index (χ4v) is 7.21. The lowest BCUT2D eigenvalue weighted by molar-refractivity contribution is 0.251. The zero-order valence-electron chi connectivity index (χ0n) is 26.1. The van der Waals surface area contributed by atoms with Crippen LogP contribution in [0.25, 0.3) is 0 Å². The van der Waals surface area contributed by atoms with Crippen molar-refractivity contribution in [2.75, 3.05) is 20.5 Å². The third kappa shape index (κ3) is 12.2. The second-order valence-electron chi connectivity index (χ2n) is 9.70. The van der Waals surface area contributed by atoms with E-state index in [1.807, 2.05) is 12.1 Å². The van der Waals surface area contributed by atoms with E-state index >= 15 is 0 Å². The van der Waals surface area contributed by atoms with E-state index in [2.05, 4.69) is 40.0 Å². The van der Waals surface area contributed by atoms with Crippen LogP contribution >= 0.6 is 22.7 Å². The highest BCUT2D eigenvalue weighted by Gasteiger charge is 2.16. The number of anilines is 4. The highest BCUT2D eigenvalue weighted by atomic mass is 32.2. The molecule has 0 atom stereocenters. The highest BCUT2D eigenvalue weighted by Crippen LogP contribution is 2.20. The number of thiazole rings is 2. The largest absolute Gasteiger partial charge is 0.399 e. The van der Waals surface area contributed by atoms with E-state index < -0.39 is 26.1 Å². The second kappa shape index (κ2) is 18.3. The first-order valence-corrected chi connectivity index (χ1v) is 19.1. The number of amides is 2. The van der Waals surface area contributed by atoms with E-state index in [9.17, 15) is 21.6 Å². The van der Waals surface area contributed by atoms with Gasteiger partial charge in [-0.25, -0.2) is 31.6 Å². The first kappa shape index (κ1) is 37.4. The number of nitrogens with one attached hydrogen (secondary N) is 4. The standard InChI is InChI=1S/C16H15N5O3S2.C9H9N3O2S2.C6H8N2/c22-15(19-11-12-5-7-17-8-6-12)20-13-1-3-14(4-2-13)26(23,24)21-16-18-9-10-25-16;10-7-1-3-8(4-2-7)16(13,14)12-9-11-5-6-15-9;7-5-6-1-3-8-4-2-6/h1-10H,11H2,(H,18,21)(H2,19,20,22);1-6H,10H2,(H,11,12);1-4H,5,7H2. The molecule has 0 spiro atoms. The van der Waals surface area contributed by atoms with Gasteiger partial charge in [-0.1, -0.05) is 0 Å². The van der Waals surface area contributed by atoms with Gasteiger partial charge in [0.1, 0.15) is 0 Å². The maximum atomic E-state index is 12.2. The Morgan fingerprint density at radius 1 is 0.640 bits per heavy atom. The Balaban J connectivity index is 0.000000197. The average Bonchev–Trinajstić information content (AvgIpc) is 3.83. The molecule has 0 aliphatic carbocycles. The second-order valence-corrected chi connectivity index (χ2v) is 14.9. The van der Waals surface area contributed by atoms with E-state index in [4.69, 9.17) is 11.5 Å². The molecule has 50 heavy (non-hydrogen) atoms. The lowest BCUT2D eigenvalue weighted by Gasteiger charge is -2.09. The lowest BCUT2D eigenvalue weighted by Crippen LogP contribution is -2.28. The summed E-state index contributed by atoms with van der Waals surface area (Å²) in [7, 11) is -7.27. The van der Waals surface area contributed by atoms with Crippen molar-refractivity contribution in [1.82, 2.24) is 25.3 Å². The van der Waals surface area contributed by atoms with Gasteiger partial charge in [0.25, 0.3) is 20.0 Å². The highest BCUT2D eigenvalue weighted by molar-refractivity contribution is 7.93. The Hall–Kier alpha value is -5.47. The van der Waals surface area contributed by atoms with Crippen LogP contribution < -0.4 is 31.5 Å². The molecule has 0 saturated carbocycles. The maximum Gasteiger partial charge on any atom is 0.319 e. The molecule has 0 radical (unpaired) electrons. The molecule has 2 aromatic carbocycles. The number of rotatable bonds is 10. The van der Waals surface area contributed by atoms with Crippen LogP contribution in [0.15, 0.2) is 131 Å². The SMILES string of the molecule is NCc1ccncc1.Nc1ccc(S(=O)(=O)Nc2nccs2)cc1.O=C(NCc1ccncc1)Nc1ccc(S(=O)(=O)Nc2nccs2)cc1. The van der Waals surface area contributed by atoms with E-state index in [-0.39, 0.29) is 9.79 Å². The van der Waals surface area contributed by atoms with Crippen molar-refractivity contribution < 1.29 is 21.6 Å². The number of carbonyl (C=O) groups excluding carboxylic acids is 1. The van der Waals surface area contributed by atoms with Gasteiger partial charge in [0.05, 0.1) is 9.79 Å². The number of aromatic nitrogens is 4. The smallest absolute Gasteiger partial charge is 0.319 e. The Kier molecular flexibility index (Phi) is 13.7. The zero-order valence-corrected chi connectivity index (χ0v) is 29.3. The van der Waals surface area contributed by atoms with Gasteiger partial charge in [0.2, 0.25) is 0 Å². The summed E-state index contributed by atoms with van der Waals surface area (Å²) in [5.41, 5.74) is 13.8. The number of hydrogen-bond donors (Lipinski definition) is 6. The Morgan fingerprint density at radius 2 is 1.10 bits per heavy atom. The summed E-state index contributed by atoms with van der Waals surface area (Å²) < 4.78 is 52.9. The van der Waals surface area contributed by atoms with Crippen LogP contribution in [0.4, 0.5) is 26.4 Å². The maximum absolute atomic E-state index is 12.2. The minimum Gasteiger partial charge on any atom is -0.399 e. The third-order valence-electron chi connectivity index (χ3n) is 6.11. The molecule has 19 heteroatoms. The molecule has 0 fully saturated rings. The van der Waals surface area contributed by atoms with Crippen molar-refractivity contribution >= 4 is 70.4 Å². The van der Waals surface area contributed by atoms with Crippen molar-refractivity contribution in [3.05, 3.63) is 132 Å². The molecule has 8 N–H and O–H groups in total. The molecule has 2 amide bonds. The summed E-state index contributed by atoms with van der Waals surface area (Å²) >= 11 is 2.41. The summed E-state index contributed by atoms with van der Waals surface area (Å²) in [5.74, 6) is 0. The minimum absolute atomic E-state index is 0.0791. The van der Waals surface area contributed by atoms with Crippen LogP contribution in [-0.4, -0.2) is 42.8 Å². The number of nitrogens with zero attached hydrogens (tertiary/aromatic N) is 4. The summed E-state index contributed by atoms with van der Waals surface area (Å²) in [4.78, 5) is 27.6. The van der Waals surface area contributed by atoms with Gasteiger partial charge < -0.3 is 22.1 Å². The molecule has 0 bridgehead atoms. The van der Waals surface area contributed by atoms with Gasteiger partial charge in [-0.3, -0.25) is 19.4 Å². The lowest BCUT2D eigenvalue weighted by atomic mass is 10.3. The first-order valence-electron chi connectivity index (χ1n) is 14.4. The fourth-order valence-electron chi connectivity index (χ4n) is 3.64. The molecular weight excluding hydrogens is 721 g/mol. The topological polar surface area (TPSA) is 237 Å². The van der Waals surface area contributed by atoms with Crippen molar-refractivity contribution in [2.45, 2.75) is 22.9 Å². The Morgan fingerprint density at radius 3 is 1.52 bits per heavy atom. The van der Waals surface area contributed by atoms with Gasteiger partial charge in [-0.2, -0.15) is 0 Å². The third-order valence-corrected chi connectivity index (χ3v) is 10.5. The molecular formula is C31H32N10O5S4. The monoisotopic (exact) mass is 752 g/mol. The summed E-state index contributed by atoms with van der Waals surface area (Å²) in [6, 6.07) is 18.8. The van der Waals surface area contributed by atoms with Gasteiger partial charge in [0.15, 0.2) is 10.3 Å². The van der Waals surface area contributed by atoms with Gasteiger partial charge >= 0.3 is 6.03 Å². The Labute approximate surface area is 297 Å². The minimum atomic E-state index is -3.71. The van der Waals surface area contributed by atoms with Crippen LogP contribution in [-0.2, 0) is 33.1 Å². The van der Waals surface area contributed by atoms with E-state index in [1.54, 1.807) is 47.7 Å². The van der Waals surface area contributed by atoms with Crippen molar-refractivity contribution in [2.24, 2.45) is 5.73 Å². The summed E-state index contributed by atoms with van der Waals surface area (Å²) in [5, 5.41) is 9.36. The van der Waals surface area contributed by atoms with Crippen LogP contribution in [0.3, 0.4) is 0 Å². The van der Waals surface area contributed by atoms with Crippen molar-refractivity contribution in [1.29, 1.82) is 0 Å². The van der Waals surface area contributed by atoms with E-state index in [1.165, 1.54) is 83.6 Å². The molecule has 260 valence electrons. The van der Waals surface area contributed by atoms with Crippen LogP contribution in [0, 0.1) is 0 Å². The zero-order chi connectivity index (χ0) is 35.8. The molecule has 4 aromatic heterocycles. The molecule has 0 saturated heterocycles. The molecule has 15 nitrogen and oxygen atoms in total. The number of hydrogen-bond acceptors (Lipinski definition) is 13. The molecule has 0 unspecified atom stereocenters. The average molecular weight is 753 g/mol. The van der Waals surface area contributed by atoms with Crippen molar-refractivity contribution in [3.8, 4) is 0 Å². The number of nitrogen functional groups attached to an aromatic ring is 1. The van der Waals surface area contributed by atoms with E-state index in [0.29, 0.717) is 34.7 Å². The van der Waals surface area contributed by atoms with Gasteiger partial charge in [-0.05, 0) is 83.9 Å². The van der Waals surface area contributed by atoms with Crippen LogP contribution in [0.1, 0.15) is 11.1 Å². The number of nitrogens with two attached hydrogens (primary N) is 2.